The van der Waals surface area contributed by atoms with Gasteiger partial charge in [-0.2, -0.15) is 0 Å². The van der Waals surface area contributed by atoms with Crippen LogP contribution in [0.2, 0.25) is 5.02 Å². The maximum Gasteiger partial charge on any atom is 0.242 e. The van der Waals surface area contributed by atoms with Crippen molar-refractivity contribution in [1.82, 2.24) is 10.2 Å². The number of nitrogens with zero attached hydrogens (tertiary/aromatic N) is 1. The van der Waals surface area contributed by atoms with Gasteiger partial charge >= 0.3 is 0 Å². The first kappa shape index (κ1) is 25.5. The molecular weight excluding hydrogens is 428 g/mol. The molecule has 0 aromatic heterocycles. The molecule has 6 nitrogen and oxygen atoms in total. The van der Waals surface area contributed by atoms with E-state index in [1.165, 1.54) is 0 Å². The first-order valence-corrected chi connectivity index (χ1v) is 11.3. The zero-order valence-electron chi connectivity index (χ0n) is 19.3. The molecule has 7 heteroatoms. The molecule has 2 rings (SSSR count). The number of benzene rings is 2. The average molecular weight is 461 g/mol. The van der Waals surface area contributed by atoms with Gasteiger partial charge in [0.05, 0.1) is 20.6 Å². The average Bonchev–Trinajstić information content (AvgIpc) is 2.80. The first-order chi connectivity index (χ1) is 15.4. The lowest BCUT2D eigenvalue weighted by atomic mass is 10.1. The van der Waals surface area contributed by atoms with Crippen molar-refractivity contribution in [2.45, 2.75) is 52.1 Å². The number of carbonyl (C=O) groups excluding carboxylic acids is 2. The Balaban J connectivity index is 2.19. The quantitative estimate of drug-likeness (QED) is 0.469. The molecule has 0 heterocycles. The fourth-order valence-electron chi connectivity index (χ4n) is 3.37. The van der Waals surface area contributed by atoms with E-state index in [1.807, 2.05) is 18.2 Å². The van der Waals surface area contributed by atoms with Crippen LogP contribution in [-0.2, 0) is 22.6 Å². The van der Waals surface area contributed by atoms with E-state index in [1.54, 1.807) is 50.3 Å². The smallest absolute Gasteiger partial charge is 0.242 e. The second-order valence-corrected chi connectivity index (χ2v) is 8.12. The van der Waals surface area contributed by atoms with Gasteiger partial charge < -0.3 is 19.7 Å². The van der Waals surface area contributed by atoms with Gasteiger partial charge in [-0.3, -0.25) is 9.59 Å². The van der Waals surface area contributed by atoms with Crippen molar-refractivity contribution in [3.05, 3.63) is 58.6 Å². The SMILES string of the molecule is CCCCCNC(=O)C(C)N(Cc1ccc(Cl)cc1)C(=O)Cc1ccc(OC)c(OC)c1. The lowest BCUT2D eigenvalue weighted by molar-refractivity contribution is -0.140. The summed E-state index contributed by atoms with van der Waals surface area (Å²) in [5, 5.41) is 3.58. The number of amides is 2. The highest BCUT2D eigenvalue weighted by atomic mass is 35.5. The zero-order valence-corrected chi connectivity index (χ0v) is 20.1. The van der Waals surface area contributed by atoms with Gasteiger partial charge in [0.1, 0.15) is 6.04 Å². The maximum atomic E-state index is 13.3. The molecule has 0 saturated carbocycles. The molecule has 0 aliphatic heterocycles. The Labute approximate surface area is 195 Å². The van der Waals surface area contributed by atoms with Crippen LogP contribution in [0.1, 0.15) is 44.2 Å². The van der Waals surface area contributed by atoms with Crippen LogP contribution >= 0.6 is 11.6 Å². The summed E-state index contributed by atoms with van der Waals surface area (Å²) in [6, 6.07) is 12.1. The van der Waals surface area contributed by atoms with Crippen LogP contribution in [0, 0.1) is 0 Å². The van der Waals surface area contributed by atoms with Gasteiger partial charge in [-0.15, -0.1) is 0 Å². The number of ether oxygens (including phenoxy) is 2. The lowest BCUT2D eigenvalue weighted by Crippen LogP contribution is -2.48. The molecule has 2 amide bonds. The number of rotatable bonds is 12. The fourth-order valence-corrected chi connectivity index (χ4v) is 3.50. The Morgan fingerprint density at radius 2 is 1.66 bits per heavy atom. The van der Waals surface area contributed by atoms with E-state index in [0.717, 1.165) is 30.4 Å². The van der Waals surface area contributed by atoms with E-state index in [2.05, 4.69) is 12.2 Å². The van der Waals surface area contributed by atoms with Crippen LogP contribution < -0.4 is 14.8 Å². The van der Waals surface area contributed by atoms with Crippen molar-refractivity contribution in [3.63, 3.8) is 0 Å². The van der Waals surface area contributed by atoms with Crippen LogP contribution in [0.25, 0.3) is 0 Å². The summed E-state index contributed by atoms with van der Waals surface area (Å²) < 4.78 is 10.6. The zero-order chi connectivity index (χ0) is 23.5. The molecule has 2 aromatic rings. The van der Waals surface area contributed by atoms with Crippen LogP contribution in [-0.4, -0.2) is 43.5 Å². The second kappa shape index (κ2) is 13.0. The molecule has 0 bridgehead atoms. The largest absolute Gasteiger partial charge is 0.493 e. The summed E-state index contributed by atoms with van der Waals surface area (Å²) in [6.45, 7) is 4.80. The van der Waals surface area contributed by atoms with Gasteiger partial charge in [0.25, 0.3) is 0 Å². The highest BCUT2D eigenvalue weighted by molar-refractivity contribution is 6.30. The molecule has 174 valence electrons. The van der Waals surface area contributed by atoms with Gasteiger partial charge in [0.15, 0.2) is 11.5 Å². The van der Waals surface area contributed by atoms with Crippen molar-refractivity contribution in [3.8, 4) is 11.5 Å². The number of methoxy groups -OCH3 is 2. The van der Waals surface area contributed by atoms with Crippen LogP contribution in [0.4, 0.5) is 0 Å². The highest BCUT2D eigenvalue weighted by Gasteiger charge is 2.26. The van der Waals surface area contributed by atoms with Crippen molar-refractivity contribution in [2.24, 2.45) is 0 Å². The molecule has 2 aromatic carbocycles. The summed E-state index contributed by atoms with van der Waals surface area (Å²) in [5.41, 5.74) is 1.69. The van der Waals surface area contributed by atoms with E-state index >= 15 is 0 Å². The minimum absolute atomic E-state index is 0.140. The third-order valence-electron chi connectivity index (χ3n) is 5.32. The Hall–Kier alpha value is -2.73. The summed E-state index contributed by atoms with van der Waals surface area (Å²) in [7, 11) is 3.12. The van der Waals surface area contributed by atoms with Gasteiger partial charge in [-0.25, -0.2) is 0 Å². The molecule has 0 spiro atoms. The third kappa shape index (κ3) is 7.45. The molecule has 1 N–H and O–H groups in total. The highest BCUT2D eigenvalue weighted by Crippen LogP contribution is 2.28. The Morgan fingerprint density at radius 1 is 1.00 bits per heavy atom. The third-order valence-corrected chi connectivity index (χ3v) is 5.57. The molecule has 1 unspecified atom stereocenters. The number of carbonyl (C=O) groups is 2. The number of unbranched alkanes of at least 4 members (excludes halogenated alkanes) is 2. The number of nitrogens with one attached hydrogen (secondary N) is 1. The van der Waals surface area contributed by atoms with Crippen LogP contribution in [0.15, 0.2) is 42.5 Å². The summed E-state index contributed by atoms with van der Waals surface area (Å²) in [6.07, 6.45) is 3.20. The second-order valence-electron chi connectivity index (χ2n) is 7.69. The van der Waals surface area contributed by atoms with E-state index in [0.29, 0.717) is 29.6 Å². The normalized spacial score (nSPS) is 11.5. The molecular formula is C25H33ClN2O4. The van der Waals surface area contributed by atoms with Gasteiger partial charge in [0, 0.05) is 18.1 Å². The molecule has 0 saturated heterocycles. The van der Waals surface area contributed by atoms with E-state index in [9.17, 15) is 9.59 Å². The van der Waals surface area contributed by atoms with Crippen molar-refractivity contribution in [2.75, 3.05) is 20.8 Å². The number of halogens is 1. The minimum Gasteiger partial charge on any atom is -0.493 e. The monoisotopic (exact) mass is 460 g/mol. The van der Waals surface area contributed by atoms with Crippen molar-refractivity contribution >= 4 is 23.4 Å². The van der Waals surface area contributed by atoms with Crippen LogP contribution in [0.5, 0.6) is 11.5 Å². The minimum atomic E-state index is -0.611. The predicted octanol–water partition coefficient (Wildman–Crippen LogP) is 4.62. The first-order valence-electron chi connectivity index (χ1n) is 10.9. The maximum absolute atomic E-state index is 13.3. The standard InChI is InChI=1S/C25H33ClN2O4/c1-5-6-7-14-27-25(30)18(2)28(17-19-8-11-21(26)12-9-19)24(29)16-20-10-13-22(31-3)23(15-20)32-4/h8-13,15,18H,5-7,14,16-17H2,1-4H3,(H,27,30). The Kier molecular flexibility index (Phi) is 10.3. The fraction of sp³-hybridized carbons (Fsp3) is 0.440. The van der Waals surface area contributed by atoms with E-state index in [-0.39, 0.29) is 18.2 Å². The van der Waals surface area contributed by atoms with Crippen LogP contribution in [0.3, 0.4) is 0 Å². The van der Waals surface area contributed by atoms with E-state index in [4.69, 9.17) is 21.1 Å². The summed E-state index contributed by atoms with van der Waals surface area (Å²) in [5.74, 6) is 0.851. The van der Waals surface area contributed by atoms with Gasteiger partial charge in [-0.05, 0) is 48.7 Å². The van der Waals surface area contributed by atoms with E-state index < -0.39 is 6.04 Å². The molecule has 1 atom stereocenters. The number of hydrogen-bond donors (Lipinski definition) is 1. The van der Waals surface area contributed by atoms with Gasteiger partial charge in [-0.1, -0.05) is 49.6 Å². The molecule has 0 radical (unpaired) electrons. The Morgan fingerprint density at radius 3 is 2.28 bits per heavy atom. The molecule has 0 aliphatic rings. The van der Waals surface area contributed by atoms with Crippen molar-refractivity contribution < 1.29 is 19.1 Å². The van der Waals surface area contributed by atoms with Crippen molar-refractivity contribution in [1.29, 1.82) is 0 Å². The Bertz CT molecular complexity index is 886. The summed E-state index contributed by atoms with van der Waals surface area (Å²) >= 11 is 6.00. The molecule has 32 heavy (non-hydrogen) atoms. The topological polar surface area (TPSA) is 67.9 Å². The summed E-state index contributed by atoms with van der Waals surface area (Å²) in [4.78, 5) is 27.7. The molecule has 0 aliphatic carbocycles. The lowest BCUT2D eigenvalue weighted by Gasteiger charge is -2.29. The number of hydrogen-bond acceptors (Lipinski definition) is 4. The van der Waals surface area contributed by atoms with Gasteiger partial charge in [0.2, 0.25) is 11.8 Å². The predicted molar refractivity (Wildman–Crippen MR) is 127 cm³/mol. The molecule has 0 fully saturated rings.